The Hall–Kier alpha value is -2.09. The zero-order valence-corrected chi connectivity index (χ0v) is 16.8. The number of hydrogen-bond donors (Lipinski definition) is 1. The summed E-state index contributed by atoms with van der Waals surface area (Å²) in [6.07, 6.45) is 0.00152. The van der Waals surface area contributed by atoms with Gasteiger partial charge in [-0.25, -0.2) is 9.97 Å². The summed E-state index contributed by atoms with van der Waals surface area (Å²) in [5, 5.41) is 3.00. The van der Waals surface area contributed by atoms with Crippen molar-refractivity contribution in [3.63, 3.8) is 0 Å². The Labute approximate surface area is 171 Å². The molecule has 2 saturated carbocycles. The fourth-order valence-electron chi connectivity index (χ4n) is 4.31. The second-order valence-electron chi connectivity index (χ2n) is 7.92. The number of hydrogen-bond acceptors (Lipinski definition) is 4. The standard InChI is InChI=1S/C21H22F3N3OS/c1-12-2-5-14(6-3-12)17-10-18(21(22,23)24)27-20(26-17)29-11-19(28)25-16-9-13-4-7-15(16)8-13/h2-3,5-6,10,13,15-16H,4,7-9,11H2,1H3,(H,25,28)/t13-,15-,16-/m0/s1. The topological polar surface area (TPSA) is 54.9 Å². The predicted molar refractivity (Wildman–Crippen MR) is 105 cm³/mol. The van der Waals surface area contributed by atoms with Crippen LogP contribution < -0.4 is 5.32 Å². The van der Waals surface area contributed by atoms with Gasteiger partial charge in [0.1, 0.15) is 5.69 Å². The Morgan fingerprint density at radius 3 is 2.55 bits per heavy atom. The van der Waals surface area contributed by atoms with Crippen molar-refractivity contribution in [3.8, 4) is 11.3 Å². The van der Waals surface area contributed by atoms with E-state index in [1.807, 2.05) is 19.1 Å². The Kier molecular flexibility index (Phi) is 5.55. The number of rotatable bonds is 5. The molecule has 3 atom stereocenters. The van der Waals surface area contributed by atoms with Crippen molar-refractivity contribution in [2.45, 2.75) is 50.0 Å². The molecule has 0 spiro atoms. The lowest BCUT2D eigenvalue weighted by Crippen LogP contribution is -2.39. The van der Waals surface area contributed by atoms with Crippen LogP contribution in [0.1, 0.15) is 36.9 Å². The first kappa shape index (κ1) is 20.2. The number of thioether (sulfide) groups is 1. The number of aromatic nitrogens is 2. The smallest absolute Gasteiger partial charge is 0.352 e. The van der Waals surface area contributed by atoms with Gasteiger partial charge in [-0.15, -0.1) is 0 Å². The molecule has 0 aliphatic heterocycles. The molecule has 154 valence electrons. The van der Waals surface area contributed by atoms with Crippen LogP contribution in [0.5, 0.6) is 0 Å². The normalized spacial score (nSPS) is 23.4. The average Bonchev–Trinajstić information content (AvgIpc) is 3.29. The van der Waals surface area contributed by atoms with Crippen LogP contribution in [-0.4, -0.2) is 27.7 Å². The van der Waals surface area contributed by atoms with Gasteiger partial charge in [0, 0.05) is 11.6 Å². The number of alkyl halides is 3. The second kappa shape index (κ2) is 7.97. The van der Waals surface area contributed by atoms with E-state index in [4.69, 9.17) is 0 Å². The van der Waals surface area contributed by atoms with E-state index in [1.54, 1.807) is 12.1 Å². The van der Waals surface area contributed by atoms with Crippen LogP contribution in [0.4, 0.5) is 13.2 Å². The van der Waals surface area contributed by atoms with Crippen LogP contribution >= 0.6 is 11.8 Å². The van der Waals surface area contributed by atoms with Crippen molar-refractivity contribution in [2.75, 3.05) is 5.75 Å². The highest BCUT2D eigenvalue weighted by Gasteiger charge is 2.40. The van der Waals surface area contributed by atoms with E-state index >= 15 is 0 Å². The van der Waals surface area contributed by atoms with Crippen LogP contribution in [0.2, 0.25) is 0 Å². The van der Waals surface area contributed by atoms with Crippen LogP contribution in [0.3, 0.4) is 0 Å². The molecule has 0 radical (unpaired) electrons. The summed E-state index contributed by atoms with van der Waals surface area (Å²) < 4.78 is 39.9. The van der Waals surface area contributed by atoms with E-state index in [9.17, 15) is 18.0 Å². The van der Waals surface area contributed by atoms with Gasteiger partial charge in [-0.3, -0.25) is 4.79 Å². The van der Waals surface area contributed by atoms with E-state index in [0.717, 1.165) is 36.2 Å². The lowest BCUT2D eigenvalue weighted by atomic mass is 9.95. The molecule has 0 saturated heterocycles. The quantitative estimate of drug-likeness (QED) is 0.553. The Balaban J connectivity index is 1.47. The molecule has 2 bridgehead atoms. The van der Waals surface area contributed by atoms with Crippen LogP contribution in [0.15, 0.2) is 35.5 Å². The molecule has 29 heavy (non-hydrogen) atoms. The number of nitrogens with zero attached hydrogens (tertiary/aromatic N) is 2. The van der Waals surface area contributed by atoms with Crippen molar-refractivity contribution in [1.82, 2.24) is 15.3 Å². The molecule has 0 unspecified atom stereocenters. The van der Waals surface area contributed by atoms with Gasteiger partial charge in [-0.2, -0.15) is 13.2 Å². The van der Waals surface area contributed by atoms with E-state index in [2.05, 4.69) is 15.3 Å². The number of aryl methyl sites for hydroxylation is 1. The highest BCUT2D eigenvalue weighted by molar-refractivity contribution is 7.99. The molecule has 2 aliphatic carbocycles. The minimum absolute atomic E-state index is 0.00251. The molecule has 2 aliphatic rings. The first-order chi connectivity index (χ1) is 13.8. The number of nitrogens with one attached hydrogen (secondary N) is 1. The van der Waals surface area contributed by atoms with E-state index < -0.39 is 11.9 Å². The summed E-state index contributed by atoms with van der Waals surface area (Å²) in [6.45, 7) is 1.90. The molecular weight excluding hydrogens is 399 g/mol. The number of amides is 1. The maximum absolute atomic E-state index is 13.3. The molecule has 4 rings (SSSR count). The molecule has 2 fully saturated rings. The zero-order valence-electron chi connectivity index (χ0n) is 16.0. The summed E-state index contributed by atoms with van der Waals surface area (Å²) >= 11 is 0.940. The summed E-state index contributed by atoms with van der Waals surface area (Å²) in [5.41, 5.74) is 0.782. The second-order valence-corrected chi connectivity index (χ2v) is 8.86. The highest BCUT2D eigenvalue weighted by Crippen LogP contribution is 2.44. The van der Waals surface area contributed by atoms with E-state index in [-0.39, 0.29) is 28.6 Å². The Morgan fingerprint density at radius 2 is 1.93 bits per heavy atom. The Bertz CT molecular complexity index is 901. The fourth-order valence-corrected chi connectivity index (χ4v) is 4.98. The monoisotopic (exact) mass is 421 g/mol. The first-order valence-electron chi connectivity index (χ1n) is 9.73. The Morgan fingerprint density at radius 1 is 1.17 bits per heavy atom. The fraction of sp³-hybridized carbons (Fsp3) is 0.476. The maximum Gasteiger partial charge on any atom is 0.433 e. The third-order valence-electron chi connectivity index (χ3n) is 5.76. The van der Waals surface area contributed by atoms with Crippen LogP contribution in [0.25, 0.3) is 11.3 Å². The van der Waals surface area contributed by atoms with Gasteiger partial charge in [0.15, 0.2) is 5.16 Å². The lowest BCUT2D eigenvalue weighted by Gasteiger charge is -2.22. The zero-order chi connectivity index (χ0) is 20.6. The largest absolute Gasteiger partial charge is 0.433 e. The predicted octanol–water partition coefficient (Wildman–Crippen LogP) is 4.87. The summed E-state index contributed by atoms with van der Waals surface area (Å²) in [6, 6.07) is 8.25. The number of carbonyl (C=O) groups is 1. The summed E-state index contributed by atoms with van der Waals surface area (Å²) in [4.78, 5) is 20.2. The number of fused-ring (bicyclic) bond motifs is 2. The van der Waals surface area contributed by atoms with Gasteiger partial charge in [-0.05, 0) is 44.1 Å². The third kappa shape index (κ3) is 4.74. The molecule has 4 nitrogen and oxygen atoms in total. The molecule has 8 heteroatoms. The van der Waals surface area contributed by atoms with Crippen molar-refractivity contribution < 1.29 is 18.0 Å². The summed E-state index contributed by atoms with van der Waals surface area (Å²) in [7, 11) is 0. The molecule has 1 aromatic heterocycles. The summed E-state index contributed by atoms with van der Waals surface area (Å²) in [5.74, 6) is 1.09. The molecular formula is C21H22F3N3OS. The molecule has 1 N–H and O–H groups in total. The van der Waals surface area contributed by atoms with Gasteiger partial charge in [0.2, 0.25) is 5.91 Å². The minimum atomic E-state index is -4.58. The van der Waals surface area contributed by atoms with Crippen LogP contribution in [0, 0.1) is 18.8 Å². The third-order valence-corrected chi connectivity index (χ3v) is 6.61. The van der Waals surface area contributed by atoms with Gasteiger partial charge < -0.3 is 5.32 Å². The first-order valence-corrected chi connectivity index (χ1v) is 10.7. The van der Waals surface area contributed by atoms with Crippen molar-refractivity contribution in [1.29, 1.82) is 0 Å². The van der Waals surface area contributed by atoms with Crippen molar-refractivity contribution >= 4 is 17.7 Å². The van der Waals surface area contributed by atoms with Gasteiger partial charge in [0.05, 0.1) is 11.4 Å². The molecule has 1 aromatic carbocycles. The number of halogens is 3. The van der Waals surface area contributed by atoms with Gasteiger partial charge >= 0.3 is 6.18 Å². The molecule has 1 amide bonds. The molecule has 1 heterocycles. The lowest BCUT2D eigenvalue weighted by molar-refractivity contribution is -0.141. The highest BCUT2D eigenvalue weighted by atomic mass is 32.2. The van der Waals surface area contributed by atoms with E-state index in [0.29, 0.717) is 17.4 Å². The van der Waals surface area contributed by atoms with Gasteiger partial charge in [-0.1, -0.05) is 48.0 Å². The SMILES string of the molecule is Cc1ccc(-c2cc(C(F)(F)F)nc(SCC(=O)N[C@H]3C[C@H]4CC[C@H]3C4)n2)cc1. The minimum Gasteiger partial charge on any atom is -0.352 e. The molecule has 2 aromatic rings. The maximum atomic E-state index is 13.3. The van der Waals surface area contributed by atoms with Crippen molar-refractivity contribution in [2.24, 2.45) is 11.8 Å². The van der Waals surface area contributed by atoms with E-state index in [1.165, 1.54) is 12.8 Å². The average molecular weight is 421 g/mol. The number of benzene rings is 1. The van der Waals surface area contributed by atoms with Gasteiger partial charge in [0.25, 0.3) is 0 Å². The van der Waals surface area contributed by atoms with Crippen LogP contribution in [-0.2, 0) is 11.0 Å². The number of carbonyl (C=O) groups excluding carboxylic acids is 1. The van der Waals surface area contributed by atoms with Crippen molar-refractivity contribution in [3.05, 3.63) is 41.6 Å².